The molecular weight excluding hydrogens is 192 g/mol. The number of aromatic nitrogens is 2. The van der Waals surface area contributed by atoms with Gasteiger partial charge in [-0.1, -0.05) is 11.8 Å². The first-order valence-corrected chi connectivity index (χ1v) is 4.93. The summed E-state index contributed by atoms with van der Waals surface area (Å²) in [5.74, 6) is 5.32. The molecule has 0 aliphatic carbocycles. The summed E-state index contributed by atoms with van der Waals surface area (Å²) in [5.41, 5.74) is 0.821. The van der Waals surface area contributed by atoms with Gasteiger partial charge < -0.3 is 4.74 Å². The zero-order valence-corrected chi connectivity index (χ0v) is 8.99. The molecule has 0 saturated heterocycles. The van der Waals surface area contributed by atoms with E-state index in [-0.39, 0.29) is 12.4 Å². The average Bonchev–Trinajstić information content (AvgIpc) is 2.66. The van der Waals surface area contributed by atoms with Gasteiger partial charge in [-0.2, -0.15) is 5.10 Å². The lowest BCUT2D eigenvalue weighted by Crippen LogP contribution is -2.01. The van der Waals surface area contributed by atoms with Crippen molar-refractivity contribution in [1.29, 1.82) is 0 Å². The molecular formula is C11H14N2O2. The van der Waals surface area contributed by atoms with Gasteiger partial charge in [-0.15, -0.1) is 0 Å². The minimum atomic E-state index is -0.284. The molecule has 4 nitrogen and oxygen atoms in total. The average molecular weight is 206 g/mol. The number of rotatable bonds is 3. The molecule has 0 aromatic carbocycles. The Morgan fingerprint density at radius 3 is 3.00 bits per heavy atom. The Kier molecular flexibility index (Phi) is 4.42. The first-order chi connectivity index (χ1) is 7.26. The molecule has 0 atom stereocenters. The largest absolute Gasteiger partial charge is 0.465 e. The molecule has 4 heteroatoms. The third-order valence-electron chi connectivity index (χ3n) is 1.73. The quantitative estimate of drug-likeness (QED) is 0.551. The normalized spacial score (nSPS) is 9.20. The van der Waals surface area contributed by atoms with Crippen LogP contribution in [-0.4, -0.2) is 22.4 Å². The van der Waals surface area contributed by atoms with E-state index in [1.54, 1.807) is 17.8 Å². The van der Waals surface area contributed by atoms with Crippen molar-refractivity contribution in [2.24, 2.45) is 0 Å². The Hall–Kier alpha value is -1.76. The maximum absolute atomic E-state index is 10.9. The standard InChI is InChI=1S/C11H14N2O2/c1-3-13-9-10(8-12-13)6-5-7-11(14)15-4-2/h8-9H,3-4,7H2,1-2H3. The van der Waals surface area contributed by atoms with Crippen LogP contribution in [0.3, 0.4) is 0 Å². The van der Waals surface area contributed by atoms with Crippen molar-refractivity contribution >= 4 is 5.97 Å². The molecule has 80 valence electrons. The fraction of sp³-hybridized carbons (Fsp3) is 0.455. The molecule has 1 aromatic rings. The van der Waals surface area contributed by atoms with Crippen molar-refractivity contribution in [3.05, 3.63) is 18.0 Å². The number of esters is 1. The molecule has 0 fully saturated rings. The van der Waals surface area contributed by atoms with Crippen LogP contribution in [0.2, 0.25) is 0 Å². The van der Waals surface area contributed by atoms with Gasteiger partial charge >= 0.3 is 5.97 Å². The molecule has 1 rings (SSSR count). The van der Waals surface area contributed by atoms with Gasteiger partial charge in [-0.25, -0.2) is 0 Å². The van der Waals surface area contributed by atoms with Gasteiger partial charge in [-0.3, -0.25) is 9.48 Å². The van der Waals surface area contributed by atoms with Crippen LogP contribution < -0.4 is 0 Å². The van der Waals surface area contributed by atoms with Crippen LogP contribution in [0, 0.1) is 11.8 Å². The van der Waals surface area contributed by atoms with E-state index in [4.69, 9.17) is 4.74 Å². The van der Waals surface area contributed by atoms with Gasteiger partial charge in [0.25, 0.3) is 0 Å². The van der Waals surface area contributed by atoms with Crippen molar-refractivity contribution < 1.29 is 9.53 Å². The van der Waals surface area contributed by atoms with Gasteiger partial charge in [-0.05, 0) is 13.8 Å². The molecule has 0 radical (unpaired) electrons. The van der Waals surface area contributed by atoms with Crippen molar-refractivity contribution in [3.8, 4) is 11.8 Å². The van der Waals surface area contributed by atoms with Crippen LogP contribution in [0.25, 0.3) is 0 Å². The number of ether oxygens (including phenoxy) is 1. The highest BCUT2D eigenvalue weighted by Gasteiger charge is 1.96. The summed E-state index contributed by atoms with van der Waals surface area (Å²) >= 11 is 0. The lowest BCUT2D eigenvalue weighted by Gasteiger charge is -1.94. The number of carbonyl (C=O) groups excluding carboxylic acids is 1. The highest BCUT2D eigenvalue weighted by molar-refractivity contribution is 5.72. The second-order valence-electron chi connectivity index (χ2n) is 2.87. The number of aryl methyl sites for hydroxylation is 1. The minimum absolute atomic E-state index is 0.130. The van der Waals surface area contributed by atoms with Crippen LogP contribution in [0.4, 0.5) is 0 Å². The third-order valence-corrected chi connectivity index (χ3v) is 1.73. The van der Waals surface area contributed by atoms with Crippen LogP contribution in [-0.2, 0) is 16.1 Å². The van der Waals surface area contributed by atoms with E-state index in [0.717, 1.165) is 12.1 Å². The first kappa shape index (κ1) is 11.3. The maximum atomic E-state index is 10.9. The van der Waals surface area contributed by atoms with E-state index in [1.165, 1.54) is 0 Å². The van der Waals surface area contributed by atoms with Gasteiger partial charge in [0.2, 0.25) is 0 Å². The van der Waals surface area contributed by atoms with Crippen LogP contribution in [0.15, 0.2) is 12.4 Å². The van der Waals surface area contributed by atoms with E-state index in [1.807, 2.05) is 13.1 Å². The lowest BCUT2D eigenvalue weighted by atomic mass is 10.3. The topological polar surface area (TPSA) is 44.1 Å². The molecule has 15 heavy (non-hydrogen) atoms. The first-order valence-electron chi connectivity index (χ1n) is 4.93. The number of carbonyl (C=O) groups is 1. The minimum Gasteiger partial charge on any atom is -0.465 e. The summed E-state index contributed by atoms with van der Waals surface area (Å²) in [4.78, 5) is 10.9. The van der Waals surface area contributed by atoms with E-state index >= 15 is 0 Å². The number of nitrogens with zero attached hydrogens (tertiary/aromatic N) is 2. The predicted molar refractivity (Wildman–Crippen MR) is 56.0 cm³/mol. The summed E-state index contributed by atoms with van der Waals surface area (Å²) in [6.45, 7) is 4.99. The van der Waals surface area contributed by atoms with Crippen molar-refractivity contribution in [2.75, 3.05) is 6.61 Å². The summed E-state index contributed by atoms with van der Waals surface area (Å²) in [5, 5.41) is 4.07. The molecule has 1 heterocycles. The zero-order valence-electron chi connectivity index (χ0n) is 8.99. The van der Waals surface area contributed by atoms with Crippen LogP contribution in [0.1, 0.15) is 25.8 Å². The summed E-state index contributed by atoms with van der Waals surface area (Å²) in [7, 11) is 0. The lowest BCUT2D eigenvalue weighted by molar-refractivity contribution is -0.141. The van der Waals surface area contributed by atoms with Crippen molar-refractivity contribution in [2.45, 2.75) is 26.8 Å². The number of hydrogen-bond donors (Lipinski definition) is 0. The molecule has 0 unspecified atom stereocenters. The zero-order chi connectivity index (χ0) is 11.1. The van der Waals surface area contributed by atoms with Gasteiger partial charge in [0.1, 0.15) is 6.42 Å². The van der Waals surface area contributed by atoms with Gasteiger partial charge in [0.15, 0.2) is 0 Å². The van der Waals surface area contributed by atoms with E-state index in [2.05, 4.69) is 16.9 Å². The fourth-order valence-electron chi connectivity index (χ4n) is 1.03. The molecule has 0 amide bonds. The van der Waals surface area contributed by atoms with Gasteiger partial charge in [0, 0.05) is 12.7 Å². The fourth-order valence-corrected chi connectivity index (χ4v) is 1.03. The molecule has 0 spiro atoms. The number of hydrogen-bond acceptors (Lipinski definition) is 3. The summed E-state index contributed by atoms with van der Waals surface area (Å²) in [6.07, 6.45) is 3.66. The SMILES string of the molecule is CCOC(=O)CC#Cc1cnn(CC)c1. The maximum Gasteiger partial charge on any atom is 0.317 e. The van der Waals surface area contributed by atoms with Crippen LogP contribution >= 0.6 is 0 Å². The highest BCUT2D eigenvalue weighted by Crippen LogP contribution is 1.95. The van der Waals surface area contributed by atoms with E-state index < -0.39 is 0 Å². The Bertz CT molecular complexity index is 385. The third kappa shape index (κ3) is 3.86. The summed E-state index contributed by atoms with van der Waals surface area (Å²) in [6, 6.07) is 0. The highest BCUT2D eigenvalue weighted by atomic mass is 16.5. The smallest absolute Gasteiger partial charge is 0.317 e. The van der Waals surface area contributed by atoms with Crippen molar-refractivity contribution in [1.82, 2.24) is 9.78 Å². The monoisotopic (exact) mass is 206 g/mol. The predicted octanol–water partition coefficient (Wildman–Crippen LogP) is 1.21. The Labute approximate surface area is 89.2 Å². The summed E-state index contributed by atoms with van der Waals surface area (Å²) < 4.78 is 6.53. The van der Waals surface area contributed by atoms with Crippen molar-refractivity contribution in [3.63, 3.8) is 0 Å². The molecule has 0 bridgehead atoms. The van der Waals surface area contributed by atoms with Gasteiger partial charge in [0.05, 0.1) is 18.4 Å². The van der Waals surface area contributed by atoms with E-state index in [9.17, 15) is 4.79 Å². The molecule has 0 aliphatic heterocycles. The molecule has 0 saturated carbocycles. The molecule has 0 N–H and O–H groups in total. The van der Waals surface area contributed by atoms with E-state index in [0.29, 0.717) is 6.61 Å². The molecule has 0 aliphatic rings. The van der Waals surface area contributed by atoms with Crippen LogP contribution in [0.5, 0.6) is 0 Å². The Morgan fingerprint density at radius 2 is 2.40 bits per heavy atom. The Morgan fingerprint density at radius 1 is 1.60 bits per heavy atom. The second kappa shape index (κ2) is 5.86. The molecule has 1 aromatic heterocycles. The Balaban J connectivity index is 2.47. The second-order valence-corrected chi connectivity index (χ2v) is 2.87.